The Morgan fingerprint density at radius 1 is 1.15 bits per heavy atom. The average molecular weight is 358 g/mol. The number of benzene rings is 1. The molecule has 0 bridgehead atoms. The first kappa shape index (κ1) is 19.0. The maximum atomic E-state index is 12.8. The fourth-order valence-corrected chi connectivity index (χ4v) is 4.48. The first-order valence-electron chi connectivity index (χ1n) is 9.81. The Morgan fingerprint density at radius 3 is 2.38 bits per heavy atom. The molecule has 0 unspecified atom stereocenters. The van der Waals surface area contributed by atoms with E-state index in [1.807, 2.05) is 0 Å². The van der Waals surface area contributed by atoms with Gasteiger partial charge in [0.15, 0.2) is 11.4 Å². The van der Waals surface area contributed by atoms with Crippen LogP contribution in [0.25, 0.3) is 5.57 Å². The molecule has 142 valence electrons. The molecule has 2 aliphatic carbocycles. The zero-order chi connectivity index (χ0) is 18.9. The number of carbonyl (C=O) groups is 1. The summed E-state index contributed by atoms with van der Waals surface area (Å²) < 4.78 is 5.79. The van der Waals surface area contributed by atoms with E-state index in [9.17, 15) is 9.90 Å². The van der Waals surface area contributed by atoms with Crippen molar-refractivity contribution in [1.29, 1.82) is 0 Å². The monoisotopic (exact) mass is 358 g/mol. The molecule has 0 amide bonds. The summed E-state index contributed by atoms with van der Waals surface area (Å²) in [5, 5.41) is 18.0. The highest BCUT2D eigenvalue weighted by atomic mass is 16.6. The second kappa shape index (κ2) is 7.43. The standard InChI is InChI=1S/C21H26O3.CH4O/c1-3-14-11-13(2)12-16(15-7-8-15)17(14)18-19(22)21(24-20(18)23)9-5-4-6-10-21;1-2/h11-12,15,22H,3-10H2,1-2H3;2H,1H3. The van der Waals surface area contributed by atoms with Crippen LogP contribution in [-0.2, 0) is 16.0 Å². The third kappa shape index (κ3) is 3.16. The molecule has 0 atom stereocenters. The maximum Gasteiger partial charge on any atom is 0.343 e. The van der Waals surface area contributed by atoms with E-state index in [-0.39, 0.29) is 11.7 Å². The number of carbonyl (C=O) groups excluding carboxylic acids is 1. The van der Waals surface area contributed by atoms with Gasteiger partial charge in [-0.1, -0.05) is 31.0 Å². The van der Waals surface area contributed by atoms with Crippen LogP contribution in [0.2, 0.25) is 0 Å². The third-order valence-corrected chi connectivity index (χ3v) is 5.86. The molecule has 4 nitrogen and oxygen atoms in total. The van der Waals surface area contributed by atoms with Gasteiger partial charge >= 0.3 is 5.97 Å². The molecule has 1 aromatic carbocycles. The SMILES string of the molecule is CCc1cc(C)cc(C2CC2)c1C1=C(O)C2(CCCCC2)OC1=O.CO. The highest BCUT2D eigenvalue weighted by Gasteiger charge is 2.50. The van der Waals surface area contributed by atoms with E-state index in [2.05, 4.69) is 26.0 Å². The van der Waals surface area contributed by atoms with E-state index < -0.39 is 5.60 Å². The van der Waals surface area contributed by atoms with Gasteiger partial charge in [0.25, 0.3) is 0 Å². The Hall–Kier alpha value is -1.81. The van der Waals surface area contributed by atoms with Crippen molar-refractivity contribution in [2.24, 2.45) is 0 Å². The van der Waals surface area contributed by atoms with Crippen molar-refractivity contribution in [3.8, 4) is 0 Å². The van der Waals surface area contributed by atoms with Gasteiger partial charge in [0.1, 0.15) is 5.57 Å². The minimum absolute atomic E-state index is 0.202. The predicted octanol–water partition coefficient (Wildman–Crippen LogP) is 4.57. The molecular weight excluding hydrogens is 328 g/mol. The lowest BCUT2D eigenvalue weighted by Gasteiger charge is -2.31. The molecule has 26 heavy (non-hydrogen) atoms. The van der Waals surface area contributed by atoms with Crippen molar-refractivity contribution < 1.29 is 19.7 Å². The van der Waals surface area contributed by atoms with Gasteiger partial charge in [-0.15, -0.1) is 0 Å². The molecule has 1 heterocycles. The number of aryl methyl sites for hydroxylation is 2. The summed E-state index contributed by atoms with van der Waals surface area (Å²) in [5.74, 6) is 0.406. The van der Waals surface area contributed by atoms with Crippen molar-refractivity contribution in [3.05, 3.63) is 40.1 Å². The lowest BCUT2D eigenvalue weighted by Crippen LogP contribution is -2.34. The molecule has 4 rings (SSSR count). The molecule has 0 radical (unpaired) electrons. The number of hydrogen-bond donors (Lipinski definition) is 2. The second-order valence-corrected chi connectivity index (χ2v) is 7.68. The fraction of sp³-hybridized carbons (Fsp3) is 0.591. The number of hydrogen-bond acceptors (Lipinski definition) is 4. The smallest absolute Gasteiger partial charge is 0.343 e. The van der Waals surface area contributed by atoms with Crippen LogP contribution in [0.4, 0.5) is 0 Å². The Balaban J connectivity index is 0.000000948. The summed E-state index contributed by atoms with van der Waals surface area (Å²) in [4.78, 5) is 12.8. The molecule has 0 saturated heterocycles. The molecular formula is C22H30O4. The van der Waals surface area contributed by atoms with Gasteiger partial charge in [0, 0.05) is 7.11 Å². The number of aliphatic hydroxyl groups is 2. The Labute approximate surface area is 155 Å². The number of esters is 1. The van der Waals surface area contributed by atoms with Gasteiger partial charge in [-0.3, -0.25) is 0 Å². The van der Waals surface area contributed by atoms with Crippen LogP contribution in [0.1, 0.15) is 80.0 Å². The number of ether oxygens (including phenoxy) is 1. The maximum absolute atomic E-state index is 12.8. The van der Waals surface area contributed by atoms with Gasteiger partial charge < -0.3 is 14.9 Å². The molecule has 1 aromatic rings. The van der Waals surface area contributed by atoms with Crippen molar-refractivity contribution in [2.75, 3.05) is 7.11 Å². The summed E-state index contributed by atoms with van der Waals surface area (Å²) in [6, 6.07) is 4.35. The summed E-state index contributed by atoms with van der Waals surface area (Å²) in [6.07, 6.45) is 7.87. The van der Waals surface area contributed by atoms with Crippen LogP contribution in [0.15, 0.2) is 17.9 Å². The summed E-state index contributed by atoms with van der Waals surface area (Å²) >= 11 is 0. The van der Waals surface area contributed by atoms with Crippen LogP contribution < -0.4 is 0 Å². The highest BCUT2D eigenvalue weighted by molar-refractivity contribution is 6.20. The largest absolute Gasteiger partial charge is 0.507 e. The van der Waals surface area contributed by atoms with E-state index in [0.717, 1.165) is 56.8 Å². The number of aliphatic hydroxyl groups excluding tert-OH is 2. The molecule has 2 N–H and O–H groups in total. The van der Waals surface area contributed by atoms with Crippen molar-refractivity contribution in [1.82, 2.24) is 0 Å². The lowest BCUT2D eigenvalue weighted by atomic mass is 9.81. The van der Waals surface area contributed by atoms with Crippen LogP contribution in [0, 0.1) is 6.92 Å². The second-order valence-electron chi connectivity index (χ2n) is 7.68. The van der Waals surface area contributed by atoms with Gasteiger partial charge in [-0.25, -0.2) is 4.79 Å². The summed E-state index contributed by atoms with van der Waals surface area (Å²) in [5.41, 5.74) is 4.30. The molecule has 1 spiro atoms. The summed E-state index contributed by atoms with van der Waals surface area (Å²) in [7, 11) is 1.00. The molecule has 3 aliphatic rings. The number of rotatable bonds is 3. The van der Waals surface area contributed by atoms with E-state index in [4.69, 9.17) is 9.84 Å². The predicted molar refractivity (Wildman–Crippen MR) is 102 cm³/mol. The van der Waals surface area contributed by atoms with Crippen LogP contribution in [-0.4, -0.2) is 28.9 Å². The van der Waals surface area contributed by atoms with Gasteiger partial charge in [-0.2, -0.15) is 0 Å². The van der Waals surface area contributed by atoms with E-state index >= 15 is 0 Å². The normalized spacial score (nSPS) is 21.5. The molecule has 4 heteroatoms. The first-order chi connectivity index (χ1) is 12.6. The van der Waals surface area contributed by atoms with Gasteiger partial charge in [-0.05, 0) is 74.5 Å². The third-order valence-electron chi connectivity index (χ3n) is 5.86. The zero-order valence-electron chi connectivity index (χ0n) is 16.1. The Kier molecular flexibility index (Phi) is 5.42. The quantitative estimate of drug-likeness (QED) is 0.777. The molecule has 0 aromatic heterocycles. The molecule has 1 aliphatic heterocycles. The average Bonchev–Trinajstić information content (AvgIpc) is 3.46. The highest BCUT2D eigenvalue weighted by Crippen LogP contribution is 2.50. The summed E-state index contributed by atoms with van der Waals surface area (Å²) in [6.45, 7) is 4.22. The molecule has 2 saturated carbocycles. The minimum Gasteiger partial charge on any atom is -0.507 e. The lowest BCUT2D eigenvalue weighted by molar-refractivity contribution is -0.149. The minimum atomic E-state index is -0.749. The van der Waals surface area contributed by atoms with E-state index in [1.54, 1.807) is 0 Å². The molecule has 2 fully saturated rings. The topological polar surface area (TPSA) is 66.8 Å². The van der Waals surface area contributed by atoms with Crippen LogP contribution in [0.3, 0.4) is 0 Å². The van der Waals surface area contributed by atoms with E-state index in [1.165, 1.54) is 24.0 Å². The van der Waals surface area contributed by atoms with Crippen molar-refractivity contribution in [3.63, 3.8) is 0 Å². The van der Waals surface area contributed by atoms with Gasteiger partial charge in [0.05, 0.1) is 0 Å². The fourth-order valence-electron chi connectivity index (χ4n) is 4.48. The Morgan fingerprint density at radius 2 is 1.81 bits per heavy atom. The van der Waals surface area contributed by atoms with Crippen molar-refractivity contribution in [2.45, 2.75) is 76.7 Å². The van der Waals surface area contributed by atoms with Gasteiger partial charge in [0.2, 0.25) is 0 Å². The first-order valence-corrected chi connectivity index (χ1v) is 9.81. The Bertz CT molecular complexity index is 722. The zero-order valence-corrected chi connectivity index (χ0v) is 16.1. The van der Waals surface area contributed by atoms with E-state index in [0.29, 0.717) is 11.5 Å². The van der Waals surface area contributed by atoms with Crippen molar-refractivity contribution >= 4 is 11.5 Å². The van der Waals surface area contributed by atoms with Crippen LogP contribution in [0.5, 0.6) is 0 Å². The van der Waals surface area contributed by atoms with Crippen LogP contribution >= 0.6 is 0 Å².